The molecule has 0 saturated carbocycles. The molecule has 1 saturated heterocycles. The number of nitrogens with one attached hydrogen (secondary N) is 1. The first-order chi connectivity index (χ1) is 23.4. The number of anilines is 1. The Balaban J connectivity index is 1.29. The predicted octanol–water partition coefficient (Wildman–Crippen LogP) is 4.16. The van der Waals surface area contributed by atoms with E-state index in [4.69, 9.17) is 4.74 Å². The van der Waals surface area contributed by atoms with Crippen LogP contribution in [0.15, 0.2) is 70.6 Å². The first kappa shape index (κ1) is 32.4. The number of carbonyl (C=O) groups excluding carboxylic acids is 1. The molecule has 11 nitrogen and oxygen atoms in total. The number of aliphatic hydroxyl groups is 1. The smallest absolute Gasteiger partial charge is 0.282 e. The zero-order valence-corrected chi connectivity index (χ0v) is 27.8. The highest BCUT2D eigenvalue weighted by Gasteiger charge is 2.27. The monoisotopic (exact) mass is 664 g/mol. The molecule has 4 heterocycles. The van der Waals surface area contributed by atoms with Gasteiger partial charge in [0.1, 0.15) is 11.6 Å². The van der Waals surface area contributed by atoms with Crippen LogP contribution < -0.4 is 16.5 Å². The van der Waals surface area contributed by atoms with Crippen LogP contribution in [0.2, 0.25) is 0 Å². The fourth-order valence-corrected chi connectivity index (χ4v) is 6.64. The number of hydrogen-bond acceptors (Lipinski definition) is 8. The molecule has 1 atom stereocenters. The van der Waals surface area contributed by atoms with Gasteiger partial charge >= 0.3 is 0 Å². The molecule has 5 aromatic rings. The largest absolute Gasteiger partial charge is 0.392 e. The van der Waals surface area contributed by atoms with Crippen LogP contribution in [0.4, 0.5) is 10.2 Å². The van der Waals surface area contributed by atoms with Crippen LogP contribution in [0.5, 0.6) is 0 Å². The Morgan fingerprint density at radius 2 is 1.76 bits per heavy atom. The minimum atomic E-state index is -0.858. The Morgan fingerprint density at radius 3 is 2.47 bits per heavy atom. The Hall–Kier alpha value is -5.20. The molecule has 2 N–H and O–H groups in total. The highest BCUT2D eigenvalue weighted by Crippen LogP contribution is 2.36. The molecule has 3 aromatic heterocycles. The molecule has 0 radical (unpaired) electrons. The third-order valence-electron chi connectivity index (χ3n) is 9.37. The molecular formula is C37H37FN6O5. The molecule has 49 heavy (non-hydrogen) atoms. The Morgan fingerprint density at radius 1 is 1.00 bits per heavy atom. The summed E-state index contributed by atoms with van der Waals surface area (Å²) in [4.78, 5) is 46.4. The molecule has 1 aliphatic carbocycles. The van der Waals surface area contributed by atoms with Crippen molar-refractivity contribution in [3.8, 4) is 16.8 Å². The highest BCUT2D eigenvalue weighted by atomic mass is 19.1. The van der Waals surface area contributed by atoms with Gasteiger partial charge in [0, 0.05) is 48.4 Å². The van der Waals surface area contributed by atoms with Crippen LogP contribution in [0.3, 0.4) is 0 Å². The molecule has 12 heteroatoms. The Bertz CT molecular complexity index is 2230. The molecule has 0 unspecified atom stereocenters. The van der Waals surface area contributed by atoms with Crippen LogP contribution in [-0.2, 0) is 23.0 Å². The summed E-state index contributed by atoms with van der Waals surface area (Å²) >= 11 is 0. The van der Waals surface area contributed by atoms with E-state index in [9.17, 15) is 19.5 Å². The zero-order chi connectivity index (χ0) is 34.6. The number of ether oxygens (including phenoxy) is 1. The lowest BCUT2D eigenvalue weighted by Gasteiger charge is -2.26. The number of aromatic nitrogens is 4. The van der Waals surface area contributed by atoms with Gasteiger partial charge in [0.25, 0.3) is 17.0 Å². The summed E-state index contributed by atoms with van der Waals surface area (Å²) in [7, 11) is 0. The molecule has 252 valence electrons. The van der Waals surface area contributed by atoms with Crippen LogP contribution in [0.25, 0.3) is 27.6 Å². The first-order valence-electron chi connectivity index (χ1n) is 16.3. The molecule has 1 aliphatic heterocycles. The van der Waals surface area contributed by atoms with Crippen molar-refractivity contribution in [2.24, 2.45) is 0 Å². The zero-order valence-electron chi connectivity index (χ0n) is 27.8. The van der Waals surface area contributed by atoms with Crippen molar-refractivity contribution in [3.63, 3.8) is 0 Å². The van der Waals surface area contributed by atoms with E-state index < -0.39 is 17.5 Å². The molecular weight excluding hydrogens is 627 g/mol. The van der Waals surface area contributed by atoms with Gasteiger partial charge in [0.15, 0.2) is 0 Å². The van der Waals surface area contributed by atoms with Crippen LogP contribution in [0.1, 0.15) is 53.4 Å². The van der Waals surface area contributed by atoms with E-state index in [0.29, 0.717) is 76.6 Å². The maximum absolute atomic E-state index is 15.5. The summed E-state index contributed by atoms with van der Waals surface area (Å²) in [6, 6.07) is 11.9. The molecule has 0 bridgehead atoms. The van der Waals surface area contributed by atoms with E-state index >= 15 is 4.39 Å². The Kier molecular flexibility index (Phi) is 8.16. The second-order valence-electron chi connectivity index (χ2n) is 13.7. The number of hydrogen-bond donors (Lipinski definition) is 2. The number of benzene rings is 2. The number of rotatable bonds is 4. The molecule has 7 rings (SSSR count). The average molecular weight is 665 g/mol. The van der Waals surface area contributed by atoms with Gasteiger partial charge in [-0.25, -0.2) is 14.1 Å². The summed E-state index contributed by atoms with van der Waals surface area (Å²) in [6.07, 6.45) is 4.16. The van der Waals surface area contributed by atoms with Gasteiger partial charge in [-0.1, -0.05) is 32.9 Å². The van der Waals surface area contributed by atoms with Crippen molar-refractivity contribution < 1.29 is 19.0 Å². The number of aliphatic hydroxyl groups excluding tert-OH is 1. The number of pyridine rings is 2. The Labute approximate surface area is 281 Å². The van der Waals surface area contributed by atoms with Gasteiger partial charge in [0.2, 0.25) is 0 Å². The molecule has 1 amide bonds. The molecule has 2 aromatic carbocycles. The number of nitrogens with zero attached hydrogens (tertiary/aromatic N) is 5. The maximum atomic E-state index is 15.5. The quantitative estimate of drug-likeness (QED) is 0.293. The number of halogens is 1. The minimum absolute atomic E-state index is 0.0609. The standard InChI is InChI=1S/C37H37FN6O5/c1-21-27-16-25(45)17-28-26(6-5-7-31(28)44-36(48)33-23(19-40-44)14-24(15-30(33)38)37(2,3)4)29(27)20-43(34(21)46)41-32-9-8-22(18-39-32)35(47)42-10-12-49-13-11-42/h5-9,14-15,18-20,25,45H,10-13,16-17H2,1-4H3,(H,39,41)/t25-/m0/s1. The van der Waals surface area contributed by atoms with E-state index in [1.54, 1.807) is 48.4 Å². The van der Waals surface area contributed by atoms with Crippen molar-refractivity contribution >= 4 is 22.5 Å². The minimum Gasteiger partial charge on any atom is -0.392 e. The fourth-order valence-electron chi connectivity index (χ4n) is 6.64. The van der Waals surface area contributed by atoms with Crippen molar-refractivity contribution in [1.82, 2.24) is 24.3 Å². The summed E-state index contributed by atoms with van der Waals surface area (Å²) in [5, 5.41) is 16.0. The summed E-state index contributed by atoms with van der Waals surface area (Å²) in [6.45, 7) is 9.66. The fraction of sp³-hybridized carbons (Fsp3) is 0.324. The molecule has 2 aliphatic rings. The van der Waals surface area contributed by atoms with Crippen molar-refractivity contribution in [1.29, 1.82) is 0 Å². The second kappa shape index (κ2) is 12.4. The molecule has 1 fully saturated rings. The van der Waals surface area contributed by atoms with Crippen molar-refractivity contribution in [3.05, 3.63) is 115 Å². The van der Waals surface area contributed by atoms with Gasteiger partial charge < -0.3 is 14.7 Å². The maximum Gasteiger partial charge on any atom is 0.282 e. The summed E-state index contributed by atoms with van der Waals surface area (Å²) in [5.41, 5.74) is 6.57. The van der Waals surface area contributed by atoms with E-state index in [1.807, 2.05) is 26.8 Å². The van der Waals surface area contributed by atoms with Gasteiger partial charge in [0.05, 0.1) is 42.2 Å². The lowest BCUT2D eigenvalue weighted by molar-refractivity contribution is 0.0302. The third-order valence-corrected chi connectivity index (χ3v) is 9.37. The van der Waals surface area contributed by atoms with Gasteiger partial charge in [-0.15, -0.1) is 0 Å². The van der Waals surface area contributed by atoms with Gasteiger partial charge in [-0.2, -0.15) is 9.78 Å². The third kappa shape index (κ3) is 5.91. The normalized spacial score (nSPS) is 16.2. The number of amides is 1. The van der Waals surface area contributed by atoms with E-state index in [2.05, 4.69) is 15.5 Å². The highest BCUT2D eigenvalue weighted by molar-refractivity contribution is 5.94. The van der Waals surface area contributed by atoms with E-state index in [0.717, 1.165) is 5.56 Å². The topological polar surface area (TPSA) is 132 Å². The first-order valence-corrected chi connectivity index (χ1v) is 16.3. The van der Waals surface area contributed by atoms with Crippen LogP contribution >= 0.6 is 0 Å². The van der Waals surface area contributed by atoms with Crippen molar-refractivity contribution in [2.45, 2.75) is 52.1 Å². The second-order valence-corrected chi connectivity index (χ2v) is 13.7. The number of carbonyl (C=O) groups is 1. The molecule has 0 spiro atoms. The number of fused-ring (bicyclic) bond motifs is 4. The lowest BCUT2D eigenvalue weighted by Crippen LogP contribution is -2.40. The number of morpholine rings is 1. The van der Waals surface area contributed by atoms with E-state index in [-0.39, 0.29) is 35.1 Å². The summed E-state index contributed by atoms with van der Waals surface area (Å²) in [5.74, 6) is -0.399. The average Bonchev–Trinajstić information content (AvgIpc) is 3.23. The van der Waals surface area contributed by atoms with Crippen LogP contribution in [0, 0.1) is 12.7 Å². The van der Waals surface area contributed by atoms with Gasteiger partial charge in [-0.3, -0.25) is 19.8 Å². The predicted molar refractivity (Wildman–Crippen MR) is 184 cm³/mol. The van der Waals surface area contributed by atoms with E-state index in [1.165, 1.54) is 27.8 Å². The van der Waals surface area contributed by atoms with Crippen LogP contribution in [-0.4, -0.2) is 67.8 Å². The van der Waals surface area contributed by atoms with Gasteiger partial charge in [-0.05, 0) is 71.3 Å². The lowest BCUT2D eigenvalue weighted by atomic mass is 9.86. The SMILES string of the molecule is Cc1c2c(cn(Nc3ccc(C(=O)N4CCOCC4)cn3)c1=O)-c1cccc(-n3ncc4cc(C(C)(C)C)cc(F)c4c3=O)c1C[C@@H](O)C2. The van der Waals surface area contributed by atoms with Crippen molar-refractivity contribution in [2.75, 3.05) is 31.7 Å². The summed E-state index contributed by atoms with van der Waals surface area (Å²) < 4.78 is 23.4.